The highest BCUT2D eigenvalue weighted by atomic mass is 19.4. The number of fused-ring (bicyclic) bond motifs is 2. The first-order chi connectivity index (χ1) is 16.3. The van der Waals surface area contributed by atoms with Crippen molar-refractivity contribution in [3.8, 4) is 17.6 Å². The van der Waals surface area contributed by atoms with Crippen LogP contribution >= 0.6 is 0 Å². The second-order valence-electron chi connectivity index (χ2n) is 8.51. The Morgan fingerprint density at radius 1 is 1.26 bits per heavy atom. The first-order valence-corrected chi connectivity index (χ1v) is 10.8. The van der Waals surface area contributed by atoms with Crippen LogP contribution in [0, 0.1) is 18.3 Å². The van der Waals surface area contributed by atoms with Gasteiger partial charge in [0.1, 0.15) is 23.4 Å². The second kappa shape index (κ2) is 8.25. The van der Waals surface area contributed by atoms with Crippen molar-refractivity contribution in [2.75, 3.05) is 26.7 Å². The fourth-order valence-electron chi connectivity index (χ4n) is 4.49. The molecular formula is C24H22F3N5O2. The van der Waals surface area contributed by atoms with Crippen LogP contribution in [0.1, 0.15) is 16.7 Å². The third-order valence-electron chi connectivity index (χ3n) is 6.06. The molecule has 0 radical (unpaired) electrons. The molecule has 0 saturated carbocycles. The second-order valence-corrected chi connectivity index (χ2v) is 8.51. The molecule has 1 aliphatic heterocycles. The largest absolute Gasteiger partial charge is 0.496 e. The molecule has 0 atom stereocenters. The van der Waals surface area contributed by atoms with Gasteiger partial charge in [0.2, 0.25) is 0 Å². The molecule has 176 valence electrons. The summed E-state index contributed by atoms with van der Waals surface area (Å²) in [6, 6.07) is 9.51. The molecule has 1 aliphatic rings. The number of aryl methyl sites for hydroxylation is 1. The number of nitrogens with zero attached hydrogens (tertiary/aromatic N) is 4. The lowest BCUT2D eigenvalue weighted by atomic mass is 10.0. The molecule has 34 heavy (non-hydrogen) atoms. The first kappa shape index (κ1) is 22.1. The Bertz CT molecular complexity index is 1410. The maximum Gasteiger partial charge on any atom is 0.401 e. The molecule has 0 unspecified atom stereocenters. The van der Waals surface area contributed by atoms with Gasteiger partial charge in [0.05, 0.1) is 25.8 Å². The number of aromatic amines is 1. The van der Waals surface area contributed by atoms with E-state index < -0.39 is 18.8 Å². The topological polar surface area (TPSA) is 79.1 Å². The zero-order valence-corrected chi connectivity index (χ0v) is 18.6. The number of nitrogens with one attached hydrogen (secondary N) is 1. The number of methoxy groups -OCH3 is 1. The lowest BCUT2D eigenvalue weighted by Crippen LogP contribution is -2.56. The number of likely N-dealkylation sites (tertiary alicyclic amines) is 1. The Morgan fingerprint density at radius 3 is 2.76 bits per heavy atom. The van der Waals surface area contributed by atoms with Crippen molar-refractivity contribution in [1.82, 2.24) is 19.7 Å². The predicted octanol–water partition coefficient (Wildman–Crippen LogP) is 4.38. The van der Waals surface area contributed by atoms with Gasteiger partial charge in [-0.05, 0) is 36.8 Å². The summed E-state index contributed by atoms with van der Waals surface area (Å²) in [5.41, 5.74) is 3.86. The number of rotatable bonds is 6. The van der Waals surface area contributed by atoms with E-state index in [4.69, 9.17) is 9.47 Å². The summed E-state index contributed by atoms with van der Waals surface area (Å²) in [5, 5.41) is 16.1. The number of nitriles is 1. The zero-order chi connectivity index (χ0) is 24.0. The standard InChI is InChI=1S/C24H22F3N5O2/c1-14-7-20(33-2)19(18-5-6-29-21(14)18)12-32-9-16-4-3-15(8-28)23(22(16)30-32)34-17-10-31(11-17)13-24(25,26)27/h3-7,9,17,29H,10-13H2,1-2H3. The molecule has 1 fully saturated rings. The molecule has 5 rings (SSSR count). The maximum absolute atomic E-state index is 12.6. The van der Waals surface area contributed by atoms with Crippen molar-refractivity contribution in [1.29, 1.82) is 5.26 Å². The van der Waals surface area contributed by atoms with Gasteiger partial charge in [0.25, 0.3) is 0 Å². The van der Waals surface area contributed by atoms with Crippen LogP contribution in [-0.4, -0.2) is 58.7 Å². The average Bonchev–Trinajstić information content (AvgIpc) is 3.40. The SMILES string of the molecule is COc1cc(C)c2[nH]ccc2c1Cn1cc2ccc(C#N)c(OC3CN(CC(F)(F)F)C3)c2n1. The summed E-state index contributed by atoms with van der Waals surface area (Å²) < 4.78 is 51.1. The van der Waals surface area contributed by atoms with Crippen LogP contribution in [0.3, 0.4) is 0 Å². The number of ether oxygens (including phenoxy) is 2. The van der Waals surface area contributed by atoms with Gasteiger partial charge in [-0.25, -0.2) is 0 Å². The lowest BCUT2D eigenvalue weighted by Gasteiger charge is -2.39. The van der Waals surface area contributed by atoms with Crippen LogP contribution in [0.25, 0.3) is 21.8 Å². The molecule has 2 aromatic carbocycles. The number of hydrogen-bond donors (Lipinski definition) is 1. The Labute approximate surface area is 193 Å². The maximum atomic E-state index is 12.6. The Kier molecular flexibility index (Phi) is 5.37. The fraction of sp³-hybridized carbons (Fsp3) is 0.333. The molecule has 0 aliphatic carbocycles. The lowest BCUT2D eigenvalue weighted by molar-refractivity contribution is -0.162. The number of aromatic nitrogens is 3. The van der Waals surface area contributed by atoms with Gasteiger partial charge in [0, 0.05) is 47.3 Å². The summed E-state index contributed by atoms with van der Waals surface area (Å²) in [7, 11) is 1.63. The van der Waals surface area contributed by atoms with Gasteiger partial charge < -0.3 is 14.5 Å². The van der Waals surface area contributed by atoms with Crippen LogP contribution in [0.2, 0.25) is 0 Å². The number of benzene rings is 2. The predicted molar refractivity (Wildman–Crippen MR) is 120 cm³/mol. The fourth-order valence-corrected chi connectivity index (χ4v) is 4.49. The molecule has 0 bridgehead atoms. The number of halogens is 3. The van der Waals surface area contributed by atoms with Crippen molar-refractivity contribution in [2.24, 2.45) is 0 Å². The molecule has 1 N–H and O–H groups in total. The van der Waals surface area contributed by atoms with Crippen LogP contribution < -0.4 is 9.47 Å². The number of hydrogen-bond acceptors (Lipinski definition) is 5. The van der Waals surface area contributed by atoms with E-state index in [-0.39, 0.29) is 13.1 Å². The first-order valence-electron chi connectivity index (χ1n) is 10.8. The number of H-pyrrole nitrogens is 1. The van der Waals surface area contributed by atoms with Crippen molar-refractivity contribution < 1.29 is 22.6 Å². The van der Waals surface area contributed by atoms with Crippen molar-refractivity contribution in [3.63, 3.8) is 0 Å². The molecule has 7 nitrogen and oxygen atoms in total. The monoisotopic (exact) mass is 469 g/mol. The molecular weight excluding hydrogens is 447 g/mol. The highest BCUT2D eigenvalue weighted by Gasteiger charge is 2.38. The van der Waals surface area contributed by atoms with Crippen LogP contribution in [0.4, 0.5) is 13.2 Å². The minimum absolute atomic E-state index is 0.146. The Hall–Kier alpha value is -3.71. The van der Waals surface area contributed by atoms with Crippen molar-refractivity contribution >= 4 is 21.8 Å². The van der Waals surface area contributed by atoms with Crippen LogP contribution in [-0.2, 0) is 6.54 Å². The quantitative estimate of drug-likeness (QED) is 0.454. The van der Waals surface area contributed by atoms with Gasteiger partial charge >= 0.3 is 6.18 Å². The molecule has 3 heterocycles. The van der Waals surface area contributed by atoms with Gasteiger partial charge in [-0.3, -0.25) is 9.58 Å². The number of alkyl halides is 3. The smallest absolute Gasteiger partial charge is 0.401 e. The van der Waals surface area contributed by atoms with E-state index in [1.165, 1.54) is 4.90 Å². The van der Waals surface area contributed by atoms with Crippen molar-refractivity contribution in [3.05, 3.63) is 53.3 Å². The molecule has 0 spiro atoms. The normalized spacial score (nSPS) is 14.9. The molecule has 2 aromatic heterocycles. The molecule has 10 heteroatoms. The summed E-state index contributed by atoms with van der Waals surface area (Å²) in [6.07, 6.45) is -0.935. The van der Waals surface area contributed by atoms with E-state index in [1.54, 1.807) is 23.9 Å². The van der Waals surface area contributed by atoms with E-state index in [1.807, 2.05) is 31.5 Å². The molecule has 0 amide bonds. The van der Waals surface area contributed by atoms with Crippen LogP contribution in [0.5, 0.6) is 11.5 Å². The zero-order valence-electron chi connectivity index (χ0n) is 18.6. The van der Waals surface area contributed by atoms with Crippen LogP contribution in [0.15, 0.2) is 36.7 Å². The Morgan fingerprint density at radius 2 is 2.06 bits per heavy atom. The highest BCUT2D eigenvalue weighted by molar-refractivity contribution is 5.89. The van der Waals surface area contributed by atoms with Gasteiger partial charge in [-0.15, -0.1) is 0 Å². The van der Waals surface area contributed by atoms with E-state index >= 15 is 0 Å². The molecule has 1 saturated heterocycles. The van der Waals surface area contributed by atoms with E-state index in [9.17, 15) is 18.4 Å². The summed E-state index contributed by atoms with van der Waals surface area (Å²) in [5.74, 6) is 1.05. The highest BCUT2D eigenvalue weighted by Crippen LogP contribution is 2.34. The molecule has 4 aromatic rings. The summed E-state index contributed by atoms with van der Waals surface area (Å²) in [6.45, 7) is 1.76. The van der Waals surface area contributed by atoms with Crippen molar-refractivity contribution in [2.45, 2.75) is 25.7 Å². The third kappa shape index (κ3) is 4.03. The average molecular weight is 469 g/mol. The van der Waals surface area contributed by atoms with Gasteiger partial charge in [-0.1, -0.05) is 0 Å². The Balaban J connectivity index is 1.45. The minimum atomic E-state index is -4.25. The van der Waals surface area contributed by atoms with E-state index in [2.05, 4.69) is 16.2 Å². The minimum Gasteiger partial charge on any atom is -0.496 e. The van der Waals surface area contributed by atoms with E-state index in [0.29, 0.717) is 23.4 Å². The van der Waals surface area contributed by atoms with Gasteiger partial charge in [0.15, 0.2) is 5.75 Å². The summed E-state index contributed by atoms with van der Waals surface area (Å²) >= 11 is 0. The van der Waals surface area contributed by atoms with E-state index in [0.717, 1.165) is 33.2 Å². The summed E-state index contributed by atoms with van der Waals surface area (Å²) in [4.78, 5) is 4.52. The van der Waals surface area contributed by atoms with Gasteiger partial charge in [-0.2, -0.15) is 23.5 Å². The third-order valence-corrected chi connectivity index (χ3v) is 6.06.